The molecule has 0 heterocycles. The SMILES string of the molecule is CCSCC(C)NC(=O)C(C)(C)C#N. The first kappa shape index (κ1) is 13.3. The van der Waals surface area contributed by atoms with Gasteiger partial charge in [0.25, 0.3) is 0 Å². The van der Waals surface area contributed by atoms with Crippen molar-refractivity contribution in [3.05, 3.63) is 0 Å². The molecule has 0 rings (SSSR count). The summed E-state index contributed by atoms with van der Waals surface area (Å²) in [4.78, 5) is 11.5. The number of thioether (sulfide) groups is 1. The molecule has 0 fully saturated rings. The van der Waals surface area contributed by atoms with Gasteiger partial charge in [-0.05, 0) is 26.5 Å². The second kappa shape index (κ2) is 5.92. The lowest BCUT2D eigenvalue weighted by Crippen LogP contribution is -2.42. The number of hydrogen-bond acceptors (Lipinski definition) is 3. The van der Waals surface area contributed by atoms with Crippen LogP contribution in [0.25, 0.3) is 0 Å². The van der Waals surface area contributed by atoms with E-state index in [1.54, 1.807) is 25.6 Å². The molecule has 14 heavy (non-hydrogen) atoms. The molecular weight excluding hydrogens is 196 g/mol. The van der Waals surface area contributed by atoms with Gasteiger partial charge in [-0.3, -0.25) is 4.79 Å². The minimum Gasteiger partial charge on any atom is -0.351 e. The molecule has 0 saturated carbocycles. The van der Waals surface area contributed by atoms with Crippen molar-refractivity contribution in [1.82, 2.24) is 5.32 Å². The number of rotatable bonds is 5. The van der Waals surface area contributed by atoms with Crippen molar-refractivity contribution in [1.29, 1.82) is 5.26 Å². The smallest absolute Gasteiger partial charge is 0.240 e. The summed E-state index contributed by atoms with van der Waals surface area (Å²) in [5.41, 5.74) is -0.925. The highest BCUT2D eigenvalue weighted by Crippen LogP contribution is 2.13. The maximum Gasteiger partial charge on any atom is 0.240 e. The molecule has 3 nitrogen and oxygen atoms in total. The predicted molar refractivity (Wildman–Crippen MR) is 60.0 cm³/mol. The highest BCUT2D eigenvalue weighted by atomic mass is 32.2. The van der Waals surface area contributed by atoms with E-state index in [0.29, 0.717) is 0 Å². The second-order valence-corrected chi connectivity index (χ2v) is 5.09. The molecule has 0 saturated heterocycles. The third-order valence-electron chi connectivity index (χ3n) is 1.80. The van der Waals surface area contributed by atoms with Crippen molar-refractivity contribution in [2.45, 2.75) is 33.7 Å². The van der Waals surface area contributed by atoms with Crippen molar-refractivity contribution in [3.63, 3.8) is 0 Å². The number of amides is 1. The number of nitrogens with zero attached hydrogens (tertiary/aromatic N) is 1. The summed E-state index contributed by atoms with van der Waals surface area (Å²) >= 11 is 1.78. The van der Waals surface area contributed by atoms with Gasteiger partial charge in [0.2, 0.25) is 5.91 Å². The van der Waals surface area contributed by atoms with Gasteiger partial charge in [0, 0.05) is 11.8 Å². The van der Waals surface area contributed by atoms with Crippen LogP contribution in [0.3, 0.4) is 0 Å². The van der Waals surface area contributed by atoms with E-state index in [2.05, 4.69) is 12.2 Å². The second-order valence-electron chi connectivity index (χ2n) is 3.77. The number of nitrogens with one attached hydrogen (secondary N) is 1. The zero-order valence-corrected chi connectivity index (χ0v) is 10.1. The molecule has 1 atom stereocenters. The summed E-state index contributed by atoms with van der Waals surface area (Å²) in [5, 5.41) is 11.6. The molecule has 0 aromatic rings. The fraction of sp³-hybridized carbons (Fsp3) is 0.800. The van der Waals surface area contributed by atoms with Crippen molar-refractivity contribution in [3.8, 4) is 6.07 Å². The molecule has 0 aliphatic heterocycles. The Morgan fingerprint density at radius 2 is 2.21 bits per heavy atom. The van der Waals surface area contributed by atoms with Gasteiger partial charge in [-0.2, -0.15) is 17.0 Å². The van der Waals surface area contributed by atoms with Crippen LogP contribution in [-0.4, -0.2) is 23.5 Å². The van der Waals surface area contributed by atoms with Gasteiger partial charge < -0.3 is 5.32 Å². The fourth-order valence-electron chi connectivity index (χ4n) is 0.791. The van der Waals surface area contributed by atoms with E-state index in [-0.39, 0.29) is 11.9 Å². The Kier molecular flexibility index (Phi) is 5.63. The summed E-state index contributed by atoms with van der Waals surface area (Å²) in [5.74, 6) is 1.75. The average molecular weight is 214 g/mol. The van der Waals surface area contributed by atoms with Gasteiger partial charge in [-0.25, -0.2) is 0 Å². The van der Waals surface area contributed by atoms with Crippen molar-refractivity contribution in [2.75, 3.05) is 11.5 Å². The Balaban J connectivity index is 4.01. The van der Waals surface area contributed by atoms with Crippen LogP contribution in [0.5, 0.6) is 0 Å². The third kappa shape index (κ3) is 4.52. The van der Waals surface area contributed by atoms with Crippen molar-refractivity contribution >= 4 is 17.7 Å². The Morgan fingerprint density at radius 1 is 1.64 bits per heavy atom. The molecule has 80 valence electrons. The molecule has 0 aliphatic rings. The summed E-state index contributed by atoms with van der Waals surface area (Å²) in [7, 11) is 0. The van der Waals surface area contributed by atoms with Crippen LogP contribution in [0.15, 0.2) is 0 Å². The zero-order valence-electron chi connectivity index (χ0n) is 9.26. The van der Waals surface area contributed by atoms with Gasteiger partial charge in [-0.1, -0.05) is 6.92 Å². The first-order chi connectivity index (χ1) is 6.44. The molecule has 4 heteroatoms. The van der Waals surface area contributed by atoms with Crippen LogP contribution >= 0.6 is 11.8 Å². The molecule has 1 unspecified atom stereocenters. The predicted octanol–water partition coefficient (Wildman–Crippen LogP) is 1.79. The summed E-state index contributed by atoms with van der Waals surface area (Å²) < 4.78 is 0. The number of carbonyl (C=O) groups is 1. The van der Waals surface area contributed by atoms with E-state index >= 15 is 0 Å². The van der Waals surface area contributed by atoms with E-state index in [4.69, 9.17) is 5.26 Å². The van der Waals surface area contributed by atoms with Crippen LogP contribution < -0.4 is 5.32 Å². The summed E-state index contributed by atoms with van der Waals surface area (Å²) in [6.07, 6.45) is 0. The number of hydrogen-bond donors (Lipinski definition) is 1. The fourth-order valence-corrected chi connectivity index (χ4v) is 1.46. The monoisotopic (exact) mass is 214 g/mol. The minimum atomic E-state index is -0.925. The molecule has 0 aromatic heterocycles. The van der Waals surface area contributed by atoms with E-state index in [9.17, 15) is 4.79 Å². The lowest BCUT2D eigenvalue weighted by molar-refractivity contribution is -0.127. The van der Waals surface area contributed by atoms with Crippen LogP contribution in [0.4, 0.5) is 0 Å². The standard InChI is InChI=1S/C10H18N2OS/c1-5-14-6-8(2)12-9(13)10(3,4)7-11/h8H,5-6H2,1-4H3,(H,12,13). The lowest BCUT2D eigenvalue weighted by Gasteiger charge is -2.19. The lowest BCUT2D eigenvalue weighted by atomic mass is 9.94. The van der Waals surface area contributed by atoms with Gasteiger partial charge in [-0.15, -0.1) is 0 Å². The topological polar surface area (TPSA) is 52.9 Å². The molecule has 0 aliphatic carbocycles. The maximum atomic E-state index is 11.5. The quantitative estimate of drug-likeness (QED) is 0.759. The van der Waals surface area contributed by atoms with Gasteiger partial charge in [0.15, 0.2) is 0 Å². The first-order valence-electron chi connectivity index (χ1n) is 4.74. The summed E-state index contributed by atoms with van der Waals surface area (Å²) in [6.45, 7) is 7.29. The normalized spacial score (nSPS) is 13.1. The van der Waals surface area contributed by atoms with Crippen molar-refractivity contribution in [2.24, 2.45) is 5.41 Å². The number of carbonyl (C=O) groups excluding carboxylic acids is 1. The van der Waals surface area contributed by atoms with Crippen LogP contribution in [0.2, 0.25) is 0 Å². The highest BCUT2D eigenvalue weighted by Gasteiger charge is 2.27. The Bertz CT molecular complexity index is 233. The van der Waals surface area contributed by atoms with E-state index < -0.39 is 5.41 Å². The van der Waals surface area contributed by atoms with Crippen LogP contribution in [0, 0.1) is 16.7 Å². The molecule has 1 N–H and O–H groups in total. The van der Waals surface area contributed by atoms with Crippen LogP contribution in [0.1, 0.15) is 27.7 Å². The maximum absolute atomic E-state index is 11.5. The Labute approximate surface area is 90.3 Å². The minimum absolute atomic E-state index is 0.125. The molecule has 0 bridgehead atoms. The van der Waals surface area contributed by atoms with Crippen molar-refractivity contribution < 1.29 is 4.79 Å². The number of nitriles is 1. The first-order valence-corrected chi connectivity index (χ1v) is 5.89. The van der Waals surface area contributed by atoms with Gasteiger partial charge in [0.05, 0.1) is 6.07 Å². The average Bonchev–Trinajstić information content (AvgIpc) is 2.14. The molecular formula is C10H18N2OS. The third-order valence-corrected chi connectivity index (χ3v) is 2.94. The Morgan fingerprint density at radius 3 is 2.64 bits per heavy atom. The summed E-state index contributed by atoms with van der Waals surface area (Å²) in [6, 6.07) is 2.11. The van der Waals surface area contributed by atoms with E-state index in [1.807, 2.05) is 13.0 Å². The molecule has 0 radical (unpaired) electrons. The molecule has 0 spiro atoms. The van der Waals surface area contributed by atoms with Gasteiger partial charge in [0.1, 0.15) is 5.41 Å². The van der Waals surface area contributed by atoms with E-state index in [1.165, 1.54) is 0 Å². The van der Waals surface area contributed by atoms with Gasteiger partial charge >= 0.3 is 0 Å². The zero-order chi connectivity index (χ0) is 11.2. The Hall–Kier alpha value is -0.690. The molecule has 0 aromatic carbocycles. The highest BCUT2D eigenvalue weighted by molar-refractivity contribution is 7.99. The molecule has 1 amide bonds. The largest absolute Gasteiger partial charge is 0.351 e. The van der Waals surface area contributed by atoms with E-state index in [0.717, 1.165) is 11.5 Å². The van der Waals surface area contributed by atoms with Crippen LogP contribution in [-0.2, 0) is 4.79 Å².